The summed E-state index contributed by atoms with van der Waals surface area (Å²) in [6.45, 7) is 16.2. The molecule has 2 aliphatic rings. The van der Waals surface area contributed by atoms with E-state index in [9.17, 15) is 0 Å². The zero-order valence-electron chi connectivity index (χ0n) is 18.7. The Morgan fingerprint density at radius 2 is 1.10 bits per heavy atom. The van der Waals surface area contributed by atoms with Gasteiger partial charge in [-0.1, -0.05) is 98.5 Å². The molecule has 2 aromatic carbocycles. The monoisotopic (exact) mass is 402 g/mol. The molecule has 2 aromatic rings. The van der Waals surface area contributed by atoms with Gasteiger partial charge in [-0.2, -0.15) is 0 Å². The van der Waals surface area contributed by atoms with Crippen molar-refractivity contribution < 1.29 is 0 Å². The van der Waals surface area contributed by atoms with E-state index in [-0.39, 0.29) is 0 Å². The van der Waals surface area contributed by atoms with Crippen molar-refractivity contribution in [3.8, 4) is 0 Å². The van der Waals surface area contributed by atoms with Crippen LogP contribution in [-0.2, 0) is 0 Å². The van der Waals surface area contributed by atoms with Gasteiger partial charge in [-0.3, -0.25) is 0 Å². The fourth-order valence-corrected chi connectivity index (χ4v) is 11.2. The van der Waals surface area contributed by atoms with Gasteiger partial charge in [0.25, 0.3) is 13.7 Å². The van der Waals surface area contributed by atoms with Gasteiger partial charge in [0.1, 0.15) is 0 Å². The molecule has 2 fully saturated rings. The largest absolute Gasteiger partial charge is 0.338 e. The molecule has 2 aliphatic heterocycles. The van der Waals surface area contributed by atoms with Crippen LogP contribution in [0.25, 0.3) is 0 Å². The van der Waals surface area contributed by atoms with E-state index in [1.807, 2.05) is 0 Å². The molecule has 0 N–H and O–H groups in total. The van der Waals surface area contributed by atoms with Crippen LogP contribution < -0.4 is 10.9 Å². The standard InChI is InChI=1S/C24H36B2N2Si/c1-5-27-19-17-23(25(27)21-13-9-7-10-14-21)29(3,4)24-18-20-28(6-2)26(24)22-15-11-8-12-16-22/h7-16,23-24H,5-6,17-20H2,1-4H3. The van der Waals surface area contributed by atoms with Crippen molar-refractivity contribution in [2.24, 2.45) is 0 Å². The van der Waals surface area contributed by atoms with Gasteiger partial charge in [0.15, 0.2) is 0 Å². The first-order valence-corrected chi connectivity index (χ1v) is 14.8. The highest BCUT2D eigenvalue weighted by Gasteiger charge is 2.55. The van der Waals surface area contributed by atoms with Gasteiger partial charge >= 0.3 is 0 Å². The SMILES string of the molecule is CCN1CCC([Si](C)(C)C2CCN(CC)B2c2ccccc2)B1c1ccccc1. The normalized spacial score (nSPS) is 23.9. The third-order valence-electron chi connectivity index (χ3n) is 8.01. The van der Waals surface area contributed by atoms with Crippen molar-refractivity contribution >= 4 is 32.7 Å². The number of hydrogen-bond acceptors (Lipinski definition) is 2. The first kappa shape index (κ1) is 21.0. The predicted molar refractivity (Wildman–Crippen MR) is 132 cm³/mol. The molecule has 0 aromatic heterocycles. The lowest BCUT2D eigenvalue weighted by Crippen LogP contribution is -2.58. The molecule has 0 bridgehead atoms. The summed E-state index contributed by atoms with van der Waals surface area (Å²) >= 11 is 0. The third-order valence-corrected chi connectivity index (χ3v) is 13.0. The van der Waals surface area contributed by atoms with Crippen LogP contribution >= 0.6 is 0 Å². The van der Waals surface area contributed by atoms with Gasteiger partial charge in [0.05, 0.1) is 0 Å². The minimum absolute atomic E-state index is 0.606. The zero-order valence-corrected chi connectivity index (χ0v) is 19.7. The fourth-order valence-electron chi connectivity index (χ4n) is 6.44. The quantitative estimate of drug-likeness (QED) is 0.679. The summed E-state index contributed by atoms with van der Waals surface area (Å²) in [7, 11) is -1.53. The summed E-state index contributed by atoms with van der Waals surface area (Å²) < 4.78 is 0. The van der Waals surface area contributed by atoms with Crippen LogP contribution in [-0.4, -0.2) is 57.6 Å². The highest BCUT2D eigenvalue weighted by molar-refractivity contribution is 7.02. The van der Waals surface area contributed by atoms with Crippen LogP contribution in [0, 0.1) is 0 Å². The van der Waals surface area contributed by atoms with Crippen molar-refractivity contribution in [1.29, 1.82) is 0 Å². The number of rotatable bonds is 6. The lowest BCUT2D eigenvalue weighted by Gasteiger charge is -2.41. The Morgan fingerprint density at radius 3 is 1.45 bits per heavy atom. The van der Waals surface area contributed by atoms with Crippen molar-refractivity contribution in [2.45, 2.75) is 50.7 Å². The third kappa shape index (κ3) is 3.89. The molecule has 152 valence electrons. The first-order chi connectivity index (χ1) is 14.1. The summed E-state index contributed by atoms with van der Waals surface area (Å²) in [5, 5.41) is 0. The minimum atomic E-state index is -1.53. The summed E-state index contributed by atoms with van der Waals surface area (Å²) in [5.74, 6) is 0. The molecule has 0 aliphatic carbocycles. The summed E-state index contributed by atoms with van der Waals surface area (Å²) in [5.41, 5.74) is 4.74. The number of benzene rings is 2. The van der Waals surface area contributed by atoms with Crippen LogP contribution in [0.2, 0.25) is 24.0 Å². The lowest BCUT2D eigenvalue weighted by atomic mass is 9.52. The lowest BCUT2D eigenvalue weighted by molar-refractivity contribution is 0.495. The summed E-state index contributed by atoms with van der Waals surface area (Å²) in [6.07, 6.45) is 2.74. The van der Waals surface area contributed by atoms with Crippen LogP contribution in [0.5, 0.6) is 0 Å². The van der Waals surface area contributed by atoms with Gasteiger partial charge in [-0.05, 0) is 49.9 Å². The minimum Gasteiger partial charge on any atom is -0.338 e. The molecule has 0 spiro atoms. The molecular weight excluding hydrogens is 366 g/mol. The van der Waals surface area contributed by atoms with Gasteiger partial charge in [-0.15, -0.1) is 0 Å². The molecule has 4 rings (SSSR count). The maximum Gasteiger partial charge on any atom is 0.258 e. The van der Waals surface area contributed by atoms with E-state index in [0.717, 1.165) is 24.0 Å². The molecule has 2 nitrogen and oxygen atoms in total. The summed E-state index contributed by atoms with van der Waals surface area (Å²) in [6, 6.07) is 22.7. The van der Waals surface area contributed by atoms with Crippen LogP contribution in [0.4, 0.5) is 0 Å². The Labute approximate surface area is 179 Å². The topological polar surface area (TPSA) is 6.48 Å². The van der Waals surface area contributed by atoms with Crippen LogP contribution in [0.15, 0.2) is 60.7 Å². The van der Waals surface area contributed by atoms with Crippen molar-refractivity contribution in [2.75, 3.05) is 26.2 Å². The molecule has 0 saturated carbocycles. The molecule has 2 atom stereocenters. The Morgan fingerprint density at radius 1 is 0.724 bits per heavy atom. The van der Waals surface area contributed by atoms with Crippen molar-refractivity contribution in [3.05, 3.63) is 60.7 Å². The van der Waals surface area contributed by atoms with E-state index in [2.05, 4.69) is 97.2 Å². The molecule has 5 heteroatoms. The van der Waals surface area contributed by atoms with Crippen molar-refractivity contribution in [1.82, 2.24) is 9.62 Å². The van der Waals surface area contributed by atoms with Gasteiger partial charge in [0.2, 0.25) is 0 Å². The van der Waals surface area contributed by atoms with Crippen molar-refractivity contribution in [3.63, 3.8) is 0 Å². The fraction of sp³-hybridized carbons (Fsp3) is 0.500. The molecular formula is C24H36B2N2Si. The van der Waals surface area contributed by atoms with Gasteiger partial charge < -0.3 is 9.62 Å². The molecule has 0 radical (unpaired) electrons. The molecule has 2 heterocycles. The maximum atomic E-state index is 2.75. The average Bonchev–Trinajstić information content (AvgIpc) is 3.40. The average molecular weight is 402 g/mol. The Kier molecular flexibility index (Phi) is 6.38. The number of nitrogens with zero attached hydrogens (tertiary/aromatic N) is 2. The highest BCUT2D eigenvalue weighted by atomic mass is 28.3. The second kappa shape index (κ2) is 8.83. The Bertz CT molecular complexity index is 720. The van der Waals surface area contributed by atoms with E-state index >= 15 is 0 Å². The maximum absolute atomic E-state index is 2.75. The Balaban J connectivity index is 1.69. The second-order valence-corrected chi connectivity index (χ2v) is 14.7. The Hall–Kier alpha value is -1.29. The van der Waals surface area contributed by atoms with Crippen LogP contribution in [0.3, 0.4) is 0 Å². The van der Waals surface area contributed by atoms with E-state index < -0.39 is 8.07 Å². The molecule has 2 unspecified atom stereocenters. The molecule has 2 saturated heterocycles. The predicted octanol–water partition coefficient (Wildman–Crippen LogP) is 3.76. The van der Waals surface area contributed by atoms with E-state index in [1.165, 1.54) is 25.9 Å². The first-order valence-electron chi connectivity index (χ1n) is 11.7. The van der Waals surface area contributed by atoms with E-state index in [4.69, 9.17) is 0 Å². The smallest absolute Gasteiger partial charge is 0.258 e. The number of hydrogen-bond donors (Lipinski definition) is 0. The summed E-state index contributed by atoms with van der Waals surface area (Å²) in [4.78, 5) is 5.50. The highest BCUT2D eigenvalue weighted by Crippen LogP contribution is 2.46. The molecule has 29 heavy (non-hydrogen) atoms. The van der Waals surface area contributed by atoms with E-state index in [1.54, 1.807) is 10.9 Å². The van der Waals surface area contributed by atoms with Crippen LogP contribution in [0.1, 0.15) is 26.7 Å². The van der Waals surface area contributed by atoms with Gasteiger partial charge in [-0.25, -0.2) is 0 Å². The second-order valence-electron chi connectivity index (χ2n) is 9.58. The van der Waals surface area contributed by atoms with Gasteiger partial charge in [0, 0.05) is 8.07 Å². The molecule has 0 amide bonds. The van der Waals surface area contributed by atoms with E-state index in [0.29, 0.717) is 13.7 Å². The zero-order chi connectivity index (χ0) is 20.4.